The highest BCUT2D eigenvalue weighted by molar-refractivity contribution is 5.32. The third-order valence-corrected chi connectivity index (χ3v) is 16.3. The molecule has 3 saturated heterocycles. The van der Waals surface area contributed by atoms with Gasteiger partial charge in [0.05, 0.1) is 31.5 Å². The second-order valence-corrected chi connectivity index (χ2v) is 18.1. The van der Waals surface area contributed by atoms with E-state index < -0.39 is 0 Å². The molecule has 7 nitrogen and oxygen atoms in total. The van der Waals surface area contributed by atoms with Gasteiger partial charge in [0.1, 0.15) is 0 Å². The first-order valence-electron chi connectivity index (χ1n) is 18.5. The van der Waals surface area contributed by atoms with Crippen molar-refractivity contribution in [3.8, 4) is 0 Å². The lowest BCUT2D eigenvalue weighted by Gasteiger charge is -2.63. The third kappa shape index (κ3) is 4.11. The molecule has 3 heterocycles. The summed E-state index contributed by atoms with van der Waals surface area (Å²) in [5.74, 6) is 3.20. The Morgan fingerprint density at radius 3 is 2.43 bits per heavy atom. The first-order valence-corrected chi connectivity index (χ1v) is 18.5. The van der Waals surface area contributed by atoms with Crippen LogP contribution in [-0.2, 0) is 18.9 Å². The smallest absolute Gasteiger partial charge is 0.170 e. The van der Waals surface area contributed by atoms with Crippen LogP contribution in [0.5, 0.6) is 0 Å². The molecule has 5 aliphatic carbocycles. The SMILES string of the molecule is COCCN1CC(CN2CCO[C@@H](O[C@H]3CC[C@]45CC46CC[C@]4(C)[C@@H]7C(OCC[C@H]7C)[C@H](O)[C@@]4(C)C6CC[C@H]5C3(C)C)C2)C1. The van der Waals surface area contributed by atoms with Crippen LogP contribution >= 0.6 is 0 Å². The van der Waals surface area contributed by atoms with Crippen LogP contribution in [0.2, 0.25) is 0 Å². The van der Waals surface area contributed by atoms with Crippen LogP contribution in [0.4, 0.5) is 0 Å². The number of hydrogen-bond acceptors (Lipinski definition) is 7. The Hall–Kier alpha value is -0.280. The number of fused-ring (bicyclic) bond motifs is 4. The molecule has 2 spiro atoms. The van der Waals surface area contributed by atoms with Crippen LogP contribution in [0.1, 0.15) is 86.0 Å². The fraction of sp³-hybridized carbons (Fsp3) is 1.00. The molecule has 0 bridgehead atoms. The van der Waals surface area contributed by atoms with Crippen molar-refractivity contribution in [1.29, 1.82) is 0 Å². The molecule has 0 aromatic rings. The molecule has 0 aromatic carbocycles. The minimum atomic E-state index is -0.330. The molecule has 0 radical (unpaired) electrons. The van der Waals surface area contributed by atoms with Gasteiger partial charge in [0.2, 0.25) is 0 Å². The lowest BCUT2D eigenvalue weighted by atomic mass is 9.41. The fourth-order valence-corrected chi connectivity index (χ4v) is 14.1. The maximum Gasteiger partial charge on any atom is 0.170 e. The van der Waals surface area contributed by atoms with E-state index in [-0.39, 0.29) is 40.8 Å². The standard InChI is InChI=1S/C37H62N2O5/c1-24-10-16-43-31-30(24)34(4)12-13-37-23-36(37)11-9-28(33(2,3)26(36)7-8-27(37)35(34,5)32(31)40)44-29-22-39(15-18-42-29)21-25-19-38(20-25)14-17-41-6/h24-32,40H,7-23H2,1-6H3/t24-,26+,27?,28+,29+,30+,31?,32+,34-,35-,36-,37?/m1/s1. The van der Waals surface area contributed by atoms with Gasteiger partial charge < -0.3 is 29.0 Å². The zero-order valence-corrected chi connectivity index (χ0v) is 28.7. The lowest BCUT2D eigenvalue weighted by molar-refractivity contribution is -0.249. The summed E-state index contributed by atoms with van der Waals surface area (Å²) in [4.78, 5) is 5.10. The first kappa shape index (κ1) is 31.0. The predicted molar refractivity (Wildman–Crippen MR) is 170 cm³/mol. The van der Waals surface area contributed by atoms with Crippen molar-refractivity contribution in [2.24, 2.45) is 56.7 Å². The van der Waals surface area contributed by atoms with Crippen molar-refractivity contribution in [1.82, 2.24) is 9.80 Å². The summed E-state index contributed by atoms with van der Waals surface area (Å²) in [7, 11) is 1.79. The molecule has 7 heteroatoms. The summed E-state index contributed by atoms with van der Waals surface area (Å²) in [5, 5.41) is 12.1. The molecule has 8 aliphatic rings. The van der Waals surface area contributed by atoms with Crippen LogP contribution in [0, 0.1) is 56.7 Å². The molecular formula is C37H62N2O5. The minimum Gasteiger partial charge on any atom is -0.390 e. The summed E-state index contributed by atoms with van der Waals surface area (Å²) in [5.41, 5.74) is 1.09. The average molecular weight is 615 g/mol. The summed E-state index contributed by atoms with van der Waals surface area (Å²) in [6.45, 7) is 21.5. The van der Waals surface area contributed by atoms with Gasteiger partial charge in [-0.25, -0.2) is 0 Å². The van der Waals surface area contributed by atoms with E-state index in [0.717, 1.165) is 64.8 Å². The van der Waals surface area contributed by atoms with Gasteiger partial charge in [-0.05, 0) is 103 Å². The zero-order valence-electron chi connectivity index (χ0n) is 28.7. The highest BCUT2D eigenvalue weighted by Gasteiger charge is 2.84. The summed E-state index contributed by atoms with van der Waals surface area (Å²) in [6, 6.07) is 0. The Bertz CT molecular complexity index is 1100. The number of rotatable bonds is 7. The maximum atomic E-state index is 12.1. The number of hydrogen-bond donors (Lipinski definition) is 1. The number of morpholine rings is 1. The molecule has 1 N–H and O–H groups in total. The molecule has 8 rings (SSSR count). The highest BCUT2D eigenvalue weighted by Crippen LogP contribution is 2.89. The van der Waals surface area contributed by atoms with Gasteiger partial charge in [-0.3, -0.25) is 4.90 Å². The molecule has 0 amide bonds. The molecule has 8 fully saturated rings. The van der Waals surface area contributed by atoms with Crippen molar-refractivity contribution in [2.75, 3.05) is 66.2 Å². The molecule has 3 aliphatic heterocycles. The van der Waals surface area contributed by atoms with E-state index in [9.17, 15) is 5.11 Å². The van der Waals surface area contributed by atoms with Crippen molar-refractivity contribution in [3.63, 3.8) is 0 Å². The van der Waals surface area contributed by atoms with Crippen molar-refractivity contribution >= 4 is 0 Å². The Labute approximate surface area is 267 Å². The van der Waals surface area contributed by atoms with E-state index in [0.29, 0.717) is 34.5 Å². The van der Waals surface area contributed by atoms with Crippen LogP contribution in [0.15, 0.2) is 0 Å². The van der Waals surface area contributed by atoms with Crippen LogP contribution in [-0.4, -0.2) is 106 Å². The van der Waals surface area contributed by atoms with Crippen LogP contribution in [0.25, 0.3) is 0 Å². The molecule has 12 atom stereocenters. The van der Waals surface area contributed by atoms with Gasteiger partial charge in [0, 0.05) is 58.4 Å². The van der Waals surface area contributed by atoms with Gasteiger partial charge in [-0.2, -0.15) is 0 Å². The van der Waals surface area contributed by atoms with Gasteiger partial charge in [0.15, 0.2) is 6.29 Å². The van der Waals surface area contributed by atoms with E-state index in [1.54, 1.807) is 7.11 Å². The summed E-state index contributed by atoms with van der Waals surface area (Å²) >= 11 is 0. The largest absolute Gasteiger partial charge is 0.390 e. The first-order chi connectivity index (χ1) is 21.0. The molecule has 44 heavy (non-hydrogen) atoms. The second kappa shape index (κ2) is 10.6. The monoisotopic (exact) mass is 614 g/mol. The Kier molecular flexibility index (Phi) is 7.48. The molecule has 3 unspecified atom stereocenters. The maximum absolute atomic E-state index is 12.1. The lowest BCUT2D eigenvalue weighted by Crippen LogP contribution is -2.60. The fourth-order valence-electron chi connectivity index (χ4n) is 14.1. The second-order valence-electron chi connectivity index (χ2n) is 18.1. The van der Waals surface area contributed by atoms with Crippen molar-refractivity contribution in [2.45, 2.75) is 111 Å². The number of methoxy groups -OCH3 is 1. The highest BCUT2D eigenvalue weighted by atomic mass is 16.7. The van der Waals surface area contributed by atoms with Crippen LogP contribution < -0.4 is 0 Å². The van der Waals surface area contributed by atoms with Crippen LogP contribution in [0.3, 0.4) is 0 Å². The summed E-state index contributed by atoms with van der Waals surface area (Å²) < 4.78 is 24.9. The van der Waals surface area contributed by atoms with E-state index in [1.165, 1.54) is 51.6 Å². The molecule has 5 saturated carbocycles. The third-order valence-electron chi connectivity index (χ3n) is 16.3. The van der Waals surface area contributed by atoms with Gasteiger partial charge in [0.25, 0.3) is 0 Å². The average Bonchev–Trinajstić information content (AvgIpc) is 3.61. The van der Waals surface area contributed by atoms with E-state index in [1.807, 2.05) is 0 Å². The Morgan fingerprint density at radius 1 is 0.864 bits per heavy atom. The zero-order chi connectivity index (χ0) is 30.7. The number of nitrogens with zero attached hydrogens (tertiary/aromatic N) is 2. The number of likely N-dealkylation sites (tertiary alicyclic amines) is 1. The molecular weight excluding hydrogens is 552 g/mol. The van der Waals surface area contributed by atoms with Gasteiger partial charge in [-0.1, -0.05) is 34.6 Å². The topological polar surface area (TPSA) is 63.6 Å². The van der Waals surface area contributed by atoms with E-state index >= 15 is 0 Å². The predicted octanol–water partition coefficient (Wildman–Crippen LogP) is 5.05. The number of aliphatic hydroxyl groups excluding tert-OH is 1. The molecule has 250 valence electrons. The Morgan fingerprint density at radius 2 is 1.64 bits per heavy atom. The summed E-state index contributed by atoms with van der Waals surface area (Å²) in [6.07, 6.45) is 9.98. The minimum absolute atomic E-state index is 0.0332. The number of aliphatic hydroxyl groups is 1. The van der Waals surface area contributed by atoms with Crippen molar-refractivity contribution in [3.05, 3.63) is 0 Å². The van der Waals surface area contributed by atoms with Gasteiger partial charge in [-0.15, -0.1) is 0 Å². The quantitative estimate of drug-likeness (QED) is 0.431. The number of ether oxygens (including phenoxy) is 4. The normalized spacial score (nSPS) is 53.5. The van der Waals surface area contributed by atoms with Crippen molar-refractivity contribution < 1.29 is 24.1 Å². The van der Waals surface area contributed by atoms with E-state index in [4.69, 9.17) is 18.9 Å². The Balaban J connectivity index is 0.945. The molecule has 0 aromatic heterocycles. The van der Waals surface area contributed by atoms with E-state index in [2.05, 4.69) is 44.4 Å². The van der Waals surface area contributed by atoms with Gasteiger partial charge >= 0.3 is 0 Å².